The summed E-state index contributed by atoms with van der Waals surface area (Å²) in [6.07, 6.45) is 5.24. The van der Waals surface area contributed by atoms with Gasteiger partial charge in [0.25, 0.3) is 5.91 Å². The normalized spacial score (nSPS) is 22.9. The molecule has 0 saturated heterocycles. The molecule has 2 aromatic carbocycles. The van der Waals surface area contributed by atoms with Crippen LogP contribution in [0.4, 0.5) is 0 Å². The van der Waals surface area contributed by atoms with Crippen LogP contribution in [0.2, 0.25) is 0 Å². The zero-order valence-electron chi connectivity index (χ0n) is 22.2. The summed E-state index contributed by atoms with van der Waals surface area (Å²) >= 11 is 0. The van der Waals surface area contributed by atoms with Crippen LogP contribution >= 0.6 is 0 Å². The van der Waals surface area contributed by atoms with Crippen molar-refractivity contribution >= 4 is 21.7 Å². The first-order valence-corrected chi connectivity index (χ1v) is 15.1. The minimum atomic E-state index is -3.58. The molecule has 0 aromatic heterocycles. The van der Waals surface area contributed by atoms with E-state index in [0.717, 1.165) is 24.2 Å². The number of hydrogen-bond acceptors (Lipinski definition) is 6. The molecule has 2 saturated carbocycles. The maximum Gasteiger partial charge on any atom is 0.251 e. The van der Waals surface area contributed by atoms with Crippen LogP contribution in [-0.2, 0) is 21.1 Å². The summed E-state index contributed by atoms with van der Waals surface area (Å²) in [5.74, 6) is 0.476. The molecule has 2 aliphatic rings. The number of carbonyl (C=O) groups is 2. The van der Waals surface area contributed by atoms with Gasteiger partial charge in [0.05, 0.1) is 24.2 Å². The first kappa shape index (κ1) is 28.1. The van der Waals surface area contributed by atoms with Gasteiger partial charge in [0.15, 0.2) is 9.84 Å². The summed E-state index contributed by atoms with van der Waals surface area (Å²) in [4.78, 5) is 26.2. The maximum atomic E-state index is 13.3. The van der Waals surface area contributed by atoms with Crippen molar-refractivity contribution in [3.63, 3.8) is 0 Å². The Hall–Kier alpha value is -2.91. The standard InChI is InChI=1S/C29H38N2O6S/c1-18(28(33)30-25-14-20-9-10-21(25)12-20)11-27(32)26(13-19-7-5-4-6-8-19)31-29(34)22-15-23(37-2)17-24(16-22)38(3,35)36/h4-8,15-18,20-21,25-27,32H,9-14H2,1-3H3,(H,30,33)(H,31,34)/t18-,20?,21?,25?,26-,27+/m0/s1. The van der Waals surface area contributed by atoms with Gasteiger partial charge < -0.3 is 20.5 Å². The van der Waals surface area contributed by atoms with Crippen molar-refractivity contribution in [2.45, 2.75) is 68.5 Å². The molecule has 3 N–H and O–H groups in total. The number of aliphatic hydroxyl groups is 1. The molecule has 206 valence electrons. The van der Waals surface area contributed by atoms with Crippen LogP contribution in [0.15, 0.2) is 53.4 Å². The van der Waals surface area contributed by atoms with Crippen molar-refractivity contribution in [1.82, 2.24) is 10.6 Å². The molecule has 2 fully saturated rings. The Morgan fingerprint density at radius 1 is 1.11 bits per heavy atom. The summed E-state index contributed by atoms with van der Waals surface area (Å²) in [5.41, 5.74) is 1.02. The number of methoxy groups -OCH3 is 1. The van der Waals surface area contributed by atoms with E-state index in [0.29, 0.717) is 12.3 Å². The average molecular weight is 543 g/mol. The molecule has 0 aliphatic heterocycles. The lowest BCUT2D eigenvalue weighted by Crippen LogP contribution is -2.47. The Labute approximate surface area is 225 Å². The van der Waals surface area contributed by atoms with Gasteiger partial charge in [-0.25, -0.2) is 8.42 Å². The fraction of sp³-hybridized carbons (Fsp3) is 0.517. The highest BCUT2D eigenvalue weighted by Gasteiger charge is 2.40. The third kappa shape index (κ3) is 6.94. The molecule has 3 unspecified atom stereocenters. The van der Waals surface area contributed by atoms with E-state index >= 15 is 0 Å². The highest BCUT2D eigenvalue weighted by atomic mass is 32.2. The number of hydrogen-bond donors (Lipinski definition) is 3. The summed E-state index contributed by atoms with van der Waals surface area (Å²) in [7, 11) is -2.18. The quantitative estimate of drug-likeness (QED) is 0.401. The molecule has 2 aromatic rings. The Bertz CT molecular complexity index is 1250. The third-order valence-electron chi connectivity index (χ3n) is 7.99. The Morgan fingerprint density at radius 3 is 2.45 bits per heavy atom. The summed E-state index contributed by atoms with van der Waals surface area (Å²) < 4.78 is 29.5. The molecule has 2 bridgehead atoms. The second-order valence-electron chi connectivity index (χ2n) is 10.9. The van der Waals surface area contributed by atoms with Crippen LogP contribution in [0.5, 0.6) is 5.75 Å². The molecule has 0 radical (unpaired) electrons. The molecule has 0 heterocycles. The van der Waals surface area contributed by atoms with Crippen LogP contribution in [-0.4, -0.2) is 56.9 Å². The molecular formula is C29H38N2O6S. The molecule has 38 heavy (non-hydrogen) atoms. The van der Waals surface area contributed by atoms with Gasteiger partial charge in [0, 0.05) is 23.8 Å². The van der Waals surface area contributed by atoms with Gasteiger partial charge >= 0.3 is 0 Å². The van der Waals surface area contributed by atoms with Crippen LogP contribution in [0.3, 0.4) is 0 Å². The first-order valence-electron chi connectivity index (χ1n) is 13.3. The largest absolute Gasteiger partial charge is 0.497 e. The van der Waals surface area contributed by atoms with Crippen LogP contribution in [0.1, 0.15) is 54.9 Å². The lowest BCUT2D eigenvalue weighted by atomic mass is 9.92. The Morgan fingerprint density at radius 2 is 1.84 bits per heavy atom. The SMILES string of the molecule is COc1cc(C(=O)N[C@@H](Cc2ccccc2)[C@H](O)C[C@H](C)C(=O)NC2CC3CCC2C3)cc(S(C)(=O)=O)c1. The minimum Gasteiger partial charge on any atom is -0.497 e. The molecular weight excluding hydrogens is 504 g/mol. The van der Waals surface area contributed by atoms with Crippen LogP contribution < -0.4 is 15.4 Å². The number of benzene rings is 2. The fourth-order valence-corrected chi connectivity index (χ4v) is 6.49. The predicted octanol–water partition coefficient (Wildman–Crippen LogP) is 3.13. The highest BCUT2D eigenvalue weighted by Crippen LogP contribution is 2.44. The zero-order chi connectivity index (χ0) is 27.4. The first-order chi connectivity index (χ1) is 18.0. The number of sulfone groups is 1. The number of amides is 2. The van der Waals surface area contributed by atoms with E-state index in [1.807, 2.05) is 30.3 Å². The van der Waals surface area contributed by atoms with E-state index < -0.39 is 33.8 Å². The van der Waals surface area contributed by atoms with Gasteiger partial charge in [-0.15, -0.1) is 0 Å². The Kier molecular flexibility index (Phi) is 8.78. The zero-order valence-corrected chi connectivity index (χ0v) is 23.0. The van der Waals surface area contributed by atoms with E-state index in [2.05, 4.69) is 10.6 Å². The minimum absolute atomic E-state index is 0.0342. The fourth-order valence-electron chi connectivity index (χ4n) is 5.82. The van der Waals surface area contributed by atoms with Crippen molar-refractivity contribution in [2.75, 3.05) is 13.4 Å². The number of rotatable bonds is 11. The number of ether oxygens (including phenoxy) is 1. The predicted molar refractivity (Wildman–Crippen MR) is 145 cm³/mol. The van der Waals surface area contributed by atoms with Crippen molar-refractivity contribution < 1.29 is 27.9 Å². The number of nitrogens with one attached hydrogen (secondary N) is 2. The van der Waals surface area contributed by atoms with Gasteiger partial charge in [0.2, 0.25) is 5.91 Å². The summed E-state index contributed by atoms with van der Waals surface area (Å²) in [6, 6.07) is 13.1. The van der Waals surface area contributed by atoms with Gasteiger partial charge in [-0.3, -0.25) is 9.59 Å². The highest BCUT2D eigenvalue weighted by molar-refractivity contribution is 7.90. The van der Waals surface area contributed by atoms with Crippen molar-refractivity contribution in [3.8, 4) is 5.75 Å². The topological polar surface area (TPSA) is 122 Å². The third-order valence-corrected chi connectivity index (χ3v) is 9.09. The molecule has 9 heteroatoms. The van der Waals surface area contributed by atoms with Gasteiger partial charge in [-0.05, 0) is 67.7 Å². The molecule has 4 rings (SSSR count). The lowest BCUT2D eigenvalue weighted by molar-refractivity contribution is -0.126. The number of fused-ring (bicyclic) bond motifs is 2. The summed E-state index contributed by atoms with van der Waals surface area (Å²) in [6.45, 7) is 1.80. The molecule has 8 nitrogen and oxygen atoms in total. The van der Waals surface area contributed by atoms with E-state index in [1.54, 1.807) is 6.92 Å². The molecule has 6 atom stereocenters. The molecule has 2 aliphatic carbocycles. The van der Waals surface area contributed by atoms with E-state index in [1.165, 1.54) is 44.6 Å². The number of aliphatic hydroxyl groups excluding tert-OH is 1. The maximum absolute atomic E-state index is 13.3. The molecule has 0 spiro atoms. The van der Waals surface area contributed by atoms with E-state index in [-0.39, 0.29) is 34.6 Å². The van der Waals surface area contributed by atoms with Gasteiger partial charge in [-0.1, -0.05) is 43.7 Å². The second kappa shape index (κ2) is 11.9. The lowest BCUT2D eigenvalue weighted by Gasteiger charge is -2.28. The Balaban J connectivity index is 1.48. The van der Waals surface area contributed by atoms with Crippen LogP contribution in [0, 0.1) is 17.8 Å². The van der Waals surface area contributed by atoms with Crippen LogP contribution in [0.25, 0.3) is 0 Å². The smallest absolute Gasteiger partial charge is 0.251 e. The molecule has 2 amide bonds. The second-order valence-corrected chi connectivity index (χ2v) is 12.9. The van der Waals surface area contributed by atoms with Gasteiger partial charge in [0.1, 0.15) is 5.75 Å². The van der Waals surface area contributed by atoms with Gasteiger partial charge in [-0.2, -0.15) is 0 Å². The van der Waals surface area contributed by atoms with Crippen molar-refractivity contribution in [1.29, 1.82) is 0 Å². The van der Waals surface area contributed by atoms with Crippen molar-refractivity contribution in [2.24, 2.45) is 17.8 Å². The van der Waals surface area contributed by atoms with E-state index in [9.17, 15) is 23.1 Å². The number of carbonyl (C=O) groups excluding carboxylic acids is 2. The summed E-state index contributed by atoms with van der Waals surface area (Å²) in [5, 5.41) is 17.3. The average Bonchev–Trinajstić information content (AvgIpc) is 3.51. The van der Waals surface area contributed by atoms with Crippen molar-refractivity contribution in [3.05, 3.63) is 59.7 Å². The monoisotopic (exact) mass is 542 g/mol. The van der Waals surface area contributed by atoms with E-state index in [4.69, 9.17) is 4.74 Å².